The van der Waals surface area contributed by atoms with Crippen LogP contribution in [0.1, 0.15) is 49.3 Å². The topological polar surface area (TPSA) is 133 Å². The molecule has 3 N–H and O–H groups in total. The van der Waals surface area contributed by atoms with Crippen LogP contribution in [0, 0.1) is 13.8 Å². The fraction of sp³-hybridized carbons (Fsp3) is 0.120. The monoisotopic (exact) mass is 444 g/mol. The van der Waals surface area contributed by atoms with Crippen LogP contribution in [0.5, 0.6) is 0 Å². The van der Waals surface area contributed by atoms with Crippen LogP contribution >= 0.6 is 0 Å². The summed E-state index contributed by atoms with van der Waals surface area (Å²) in [6, 6.07) is 13.1. The first-order valence-corrected chi connectivity index (χ1v) is 10.1. The Balaban J connectivity index is 1.63. The second kappa shape index (κ2) is 8.23. The fourth-order valence-corrected chi connectivity index (χ4v) is 3.67. The van der Waals surface area contributed by atoms with Crippen LogP contribution in [0.2, 0.25) is 0 Å². The molecule has 4 aromatic rings. The number of primary amides is 1. The minimum Gasteiger partial charge on any atom is -0.456 e. The van der Waals surface area contributed by atoms with Gasteiger partial charge in [0.05, 0.1) is 10.9 Å². The molecule has 4 rings (SSSR count). The van der Waals surface area contributed by atoms with Crippen molar-refractivity contribution in [1.82, 2.24) is 0 Å². The minimum atomic E-state index is -0.885. The van der Waals surface area contributed by atoms with E-state index in [9.17, 15) is 19.2 Å². The third kappa shape index (κ3) is 4.06. The molecule has 0 saturated heterocycles. The maximum absolute atomic E-state index is 12.7. The number of aryl methyl sites for hydroxylation is 2. The number of benzene rings is 2. The fourth-order valence-electron chi connectivity index (χ4n) is 3.67. The van der Waals surface area contributed by atoms with Gasteiger partial charge in [0.15, 0.2) is 11.2 Å². The van der Waals surface area contributed by atoms with Gasteiger partial charge in [-0.1, -0.05) is 23.8 Å². The number of nitrogens with one attached hydrogen (secondary N) is 1. The molecule has 0 bridgehead atoms. The molecule has 8 heteroatoms. The number of hydrogen-bond donors (Lipinski definition) is 2. The van der Waals surface area contributed by atoms with Gasteiger partial charge < -0.3 is 14.6 Å². The second-order valence-electron chi connectivity index (χ2n) is 7.66. The van der Waals surface area contributed by atoms with E-state index in [-0.39, 0.29) is 33.8 Å². The zero-order chi connectivity index (χ0) is 23.9. The van der Waals surface area contributed by atoms with Crippen LogP contribution in [-0.2, 0) is 0 Å². The summed E-state index contributed by atoms with van der Waals surface area (Å²) in [5, 5.41) is 2.99. The highest BCUT2D eigenvalue weighted by Gasteiger charge is 2.26. The Morgan fingerprint density at radius 2 is 1.61 bits per heavy atom. The second-order valence-corrected chi connectivity index (χ2v) is 7.66. The van der Waals surface area contributed by atoms with Gasteiger partial charge in [-0.05, 0) is 45.0 Å². The van der Waals surface area contributed by atoms with Gasteiger partial charge in [0.2, 0.25) is 5.88 Å². The van der Waals surface area contributed by atoms with Gasteiger partial charge in [-0.2, -0.15) is 0 Å². The van der Waals surface area contributed by atoms with Crippen molar-refractivity contribution in [1.29, 1.82) is 0 Å². The van der Waals surface area contributed by atoms with E-state index in [1.807, 2.05) is 13.0 Å². The van der Waals surface area contributed by atoms with E-state index in [0.717, 1.165) is 5.56 Å². The number of nitrogens with two attached hydrogens (primary N) is 1. The lowest BCUT2D eigenvalue weighted by atomic mass is 10.1. The Hall–Kier alpha value is -4.46. The molecule has 0 saturated carbocycles. The summed E-state index contributed by atoms with van der Waals surface area (Å²) >= 11 is 0. The van der Waals surface area contributed by atoms with Crippen LogP contribution in [0.4, 0.5) is 5.88 Å². The van der Waals surface area contributed by atoms with Crippen molar-refractivity contribution in [2.75, 3.05) is 5.32 Å². The largest absolute Gasteiger partial charge is 0.456 e. The molecule has 0 atom stereocenters. The van der Waals surface area contributed by atoms with Gasteiger partial charge in [-0.3, -0.25) is 24.5 Å². The van der Waals surface area contributed by atoms with Crippen LogP contribution in [-0.4, -0.2) is 17.6 Å². The van der Waals surface area contributed by atoms with E-state index in [0.29, 0.717) is 22.3 Å². The number of rotatable bonds is 5. The summed E-state index contributed by atoms with van der Waals surface area (Å²) in [5.41, 5.74) is 7.39. The first-order chi connectivity index (χ1) is 15.7. The Morgan fingerprint density at radius 3 is 2.24 bits per heavy atom. The molecule has 166 valence electrons. The van der Waals surface area contributed by atoms with E-state index in [4.69, 9.17) is 14.6 Å². The van der Waals surface area contributed by atoms with E-state index in [2.05, 4.69) is 5.32 Å². The lowest BCUT2D eigenvalue weighted by Gasteiger charge is -2.07. The van der Waals surface area contributed by atoms with Crippen LogP contribution in [0.15, 0.2) is 62.2 Å². The van der Waals surface area contributed by atoms with E-state index < -0.39 is 17.6 Å². The highest BCUT2D eigenvalue weighted by atomic mass is 16.4. The molecule has 0 aliphatic carbocycles. The average Bonchev–Trinajstić information content (AvgIpc) is 3.10. The molecule has 0 spiro atoms. The third-order valence-corrected chi connectivity index (χ3v) is 5.22. The van der Waals surface area contributed by atoms with Crippen LogP contribution in [0.3, 0.4) is 0 Å². The molecule has 2 aromatic heterocycles. The van der Waals surface area contributed by atoms with E-state index >= 15 is 0 Å². The smallest absolute Gasteiger partial charge is 0.257 e. The van der Waals surface area contributed by atoms with Crippen molar-refractivity contribution in [3.05, 3.63) is 86.8 Å². The molecule has 0 unspecified atom stereocenters. The maximum atomic E-state index is 12.7. The number of carbonyl (C=O) groups excluding carboxylic acids is 3. The number of carbonyl (C=O) groups is 3. The van der Waals surface area contributed by atoms with Crippen molar-refractivity contribution in [2.24, 2.45) is 5.73 Å². The molecular weight excluding hydrogens is 424 g/mol. The van der Waals surface area contributed by atoms with Crippen molar-refractivity contribution in [2.45, 2.75) is 20.8 Å². The number of furan rings is 1. The van der Waals surface area contributed by atoms with Gasteiger partial charge in [0, 0.05) is 17.2 Å². The Kier molecular flexibility index (Phi) is 5.43. The van der Waals surface area contributed by atoms with Crippen molar-refractivity contribution < 1.29 is 23.2 Å². The normalized spacial score (nSPS) is 10.9. The first kappa shape index (κ1) is 21.8. The van der Waals surface area contributed by atoms with Crippen molar-refractivity contribution in [3.8, 4) is 11.3 Å². The first-order valence-electron chi connectivity index (χ1n) is 10.1. The molecule has 2 amide bonds. The standard InChI is InChI=1S/C25H20N2O6/c1-12-4-9-19-17(10-12)18(29)11-20(33-19)15-5-7-16(8-6-15)24(31)27-25-22(23(26)30)21(13(2)28)14(3)32-25/h4-11H,1-3H3,(H2,26,30)(H,27,31). The van der Waals surface area contributed by atoms with Crippen LogP contribution in [0.25, 0.3) is 22.3 Å². The predicted octanol–water partition coefficient (Wildman–Crippen LogP) is 4.22. The van der Waals surface area contributed by atoms with Gasteiger partial charge in [0.1, 0.15) is 22.7 Å². The zero-order valence-electron chi connectivity index (χ0n) is 18.1. The van der Waals surface area contributed by atoms with Gasteiger partial charge >= 0.3 is 0 Å². The Labute approximate surface area is 188 Å². The summed E-state index contributed by atoms with van der Waals surface area (Å²) in [5.74, 6) is -1.49. The quantitative estimate of drug-likeness (QED) is 0.443. The number of Topliss-reactive ketones (excluding diaryl/α,β-unsaturated/α-hetero) is 1. The SMILES string of the molecule is CC(=O)c1c(C)oc(NC(=O)c2ccc(-c3cc(=O)c4cc(C)ccc4o3)cc2)c1C(N)=O. The van der Waals surface area contributed by atoms with Crippen molar-refractivity contribution in [3.63, 3.8) is 0 Å². The summed E-state index contributed by atoms with van der Waals surface area (Å²) in [7, 11) is 0. The average molecular weight is 444 g/mol. The highest BCUT2D eigenvalue weighted by Crippen LogP contribution is 2.28. The van der Waals surface area contributed by atoms with Gasteiger partial charge in [0.25, 0.3) is 11.8 Å². The maximum Gasteiger partial charge on any atom is 0.257 e. The third-order valence-electron chi connectivity index (χ3n) is 5.22. The summed E-state index contributed by atoms with van der Waals surface area (Å²) in [6.45, 7) is 4.68. The number of ketones is 1. The summed E-state index contributed by atoms with van der Waals surface area (Å²) in [4.78, 5) is 48.9. The molecule has 0 fully saturated rings. The number of fused-ring (bicyclic) bond motifs is 1. The summed E-state index contributed by atoms with van der Waals surface area (Å²) in [6.07, 6.45) is 0. The molecular formula is C25H20N2O6. The number of anilines is 1. The predicted molar refractivity (Wildman–Crippen MR) is 123 cm³/mol. The Bertz CT molecular complexity index is 1490. The molecule has 8 nitrogen and oxygen atoms in total. The lowest BCUT2D eigenvalue weighted by molar-refractivity contribution is 0.0974. The van der Waals surface area contributed by atoms with E-state index in [1.165, 1.54) is 32.0 Å². The highest BCUT2D eigenvalue weighted by molar-refractivity contribution is 6.13. The number of amides is 2. The zero-order valence-corrected chi connectivity index (χ0v) is 18.1. The lowest BCUT2D eigenvalue weighted by Crippen LogP contribution is -2.19. The van der Waals surface area contributed by atoms with Crippen molar-refractivity contribution >= 4 is 34.5 Å². The summed E-state index contributed by atoms with van der Waals surface area (Å²) < 4.78 is 11.3. The molecule has 0 aliphatic rings. The molecule has 2 heterocycles. The molecule has 33 heavy (non-hydrogen) atoms. The minimum absolute atomic E-state index is 0.0367. The van der Waals surface area contributed by atoms with Gasteiger partial charge in [-0.25, -0.2) is 0 Å². The molecule has 0 radical (unpaired) electrons. The molecule has 0 aliphatic heterocycles. The van der Waals surface area contributed by atoms with E-state index in [1.54, 1.807) is 24.3 Å². The molecule has 2 aromatic carbocycles. The van der Waals surface area contributed by atoms with Gasteiger partial charge in [-0.15, -0.1) is 0 Å². The number of hydrogen-bond acceptors (Lipinski definition) is 6. The van der Waals surface area contributed by atoms with Crippen LogP contribution < -0.4 is 16.5 Å². The Morgan fingerprint density at radius 1 is 0.909 bits per heavy atom.